The molecule has 0 aromatic rings. The molecule has 2 rings (SSSR count). The molecule has 0 aromatic heterocycles. The molecule has 0 saturated carbocycles. The maximum Gasteiger partial charge on any atom is 0.330 e. The highest BCUT2D eigenvalue weighted by Gasteiger charge is 2.27. The predicted octanol–water partition coefficient (Wildman–Crippen LogP) is 6.06. The predicted molar refractivity (Wildman–Crippen MR) is 109 cm³/mol. The molecule has 0 heterocycles. The lowest BCUT2D eigenvalue weighted by atomic mass is 9.73. The van der Waals surface area contributed by atoms with Gasteiger partial charge in [-0.2, -0.15) is 0 Å². The second-order valence-electron chi connectivity index (χ2n) is 7.97. The molecule has 2 heteroatoms. The van der Waals surface area contributed by atoms with Gasteiger partial charge < -0.3 is 4.74 Å². The Kier molecular flexibility index (Phi) is 7.09. The van der Waals surface area contributed by atoms with E-state index in [4.69, 9.17) is 4.74 Å². The SMILES string of the molecule is CCOC(=O)/C=C(C)/C=C/C1=C(C#CC2=C(C)CCCC2(C)C)CCC1. The number of ether oxygens (including phenoxy) is 1. The van der Waals surface area contributed by atoms with Crippen molar-refractivity contribution in [3.8, 4) is 11.8 Å². The van der Waals surface area contributed by atoms with Crippen LogP contribution in [0, 0.1) is 17.3 Å². The van der Waals surface area contributed by atoms with Crippen molar-refractivity contribution in [3.63, 3.8) is 0 Å². The standard InChI is InChI=1S/C24H32O2/c1-6-26-23(25)17-18(2)12-13-20-10-7-11-21(20)14-15-22-19(3)9-8-16-24(22,4)5/h12-13,17H,6-11,16H2,1-5H3/b13-12+,18-17+. The van der Waals surface area contributed by atoms with Crippen molar-refractivity contribution in [2.45, 2.75) is 73.1 Å². The Morgan fingerprint density at radius 2 is 1.96 bits per heavy atom. The van der Waals surface area contributed by atoms with E-state index >= 15 is 0 Å². The van der Waals surface area contributed by atoms with Gasteiger partial charge in [0, 0.05) is 17.2 Å². The first-order chi connectivity index (χ1) is 12.3. The first-order valence-electron chi connectivity index (χ1n) is 9.81. The molecule has 140 valence electrons. The van der Waals surface area contributed by atoms with Crippen molar-refractivity contribution in [3.05, 3.63) is 46.1 Å². The van der Waals surface area contributed by atoms with Crippen LogP contribution in [0.1, 0.15) is 73.1 Å². The molecule has 0 aliphatic heterocycles. The highest BCUT2D eigenvalue weighted by atomic mass is 16.5. The van der Waals surface area contributed by atoms with Crippen LogP contribution in [0.4, 0.5) is 0 Å². The Labute approximate surface area is 159 Å². The molecule has 0 bridgehead atoms. The van der Waals surface area contributed by atoms with Crippen LogP contribution in [0.25, 0.3) is 0 Å². The number of rotatable bonds is 4. The van der Waals surface area contributed by atoms with E-state index < -0.39 is 0 Å². The molecule has 0 fully saturated rings. The van der Waals surface area contributed by atoms with Crippen LogP contribution in [0.5, 0.6) is 0 Å². The summed E-state index contributed by atoms with van der Waals surface area (Å²) in [6.45, 7) is 11.0. The quantitative estimate of drug-likeness (QED) is 0.266. The molecule has 2 aliphatic rings. The molecule has 2 nitrogen and oxygen atoms in total. The van der Waals surface area contributed by atoms with E-state index in [0.717, 1.165) is 24.8 Å². The Morgan fingerprint density at radius 3 is 2.65 bits per heavy atom. The number of allylic oxidation sites excluding steroid dienone is 7. The molecule has 0 saturated heterocycles. The summed E-state index contributed by atoms with van der Waals surface area (Å²) in [6.07, 6.45) is 12.6. The van der Waals surface area contributed by atoms with Crippen LogP contribution in [0.2, 0.25) is 0 Å². The van der Waals surface area contributed by atoms with Gasteiger partial charge in [-0.05, 0) is 75.9 Å². The largest absolute Gasteiger partial charge is 0.463 e. The lowest BCUT2D eigenvalue weighted by Crippen LogP contribution is -2.19. The van der Waals surface area contributed by atoms with E-state index in [0.29, 0.717) is 6.61 Å². The summed E-state index contributed by atoms with van der Waals surface area (Å²) in [5.74, 6) is 6.72. The molecular weight excluding hydrogens is 320 g/mol. The van der Waals surface area contributed by atoms with Crippen LogP contribution in [-0.2, 0) is 9.53 Å². The Bertz CT molecular complexity index is 730. The third-order valence-electron chi connectivity index (χ3n) is 5.24. The summed E-state index contributed by atoms with van der Waals surface area (Å²) in [7, 11) is 0. The number of hydrogen-bond donors (Lipinski definition) is 0. The summed E-state index contributed by atoms with van der Waals surface area (Å²) in [4.78, 5) is 11.5. The zero-order valence-electron chi connectivity index (χ0n) is 17.0. The van der Waals surface area contributed by atoms with Gasteiger partial charge in [0.1, 0.15) is 0 Å². The summed E-state index contributed by atoms with van der Waals surface area (Å²) >= 11 is 0. The monoisotopic (exact) mass is 352 g/mol. The van der Waals surface area contributed by atoms with Crippen LogP contribution in [-0.4, -0.2) is 12.6 Å². The van der Waals surface area contributed by atoms with Crippen molar-refractivity contribution in [2.24, 2.45) is 5.41 Å². The van der Waals surface area contributed by atoms with Crippen molar-refractivity contribution < 1.29 is 9.53 Å². The fourth-order valence-electron chi connectivity index (χ4n) is 3.78. The van der Waals surface area contributed by atoms with Gasteiger partial charge in [0.25, 0.3) is 0 Å². The molecule has 0 aromatic carbocycles. The van der Waals surface area contributed by atoms with Gasteiger partial charge in [-0.3, -0.25) is 0 Å². The lowest BCUT2D eigenvalue weighted by molar-refractivity contribution is -0.137. The van der Waals surface area contributed by atoms with Crippen molar-refractivity contribution in [2.75, 3.05) is 6.61 Å². The van der Waals surface area contributed by atoms with Crippen molar-refractivity contribution in [1.82, 2.24) is 0 Å². The third-order valence-corrected chi connectivity index (χ3v) is 5.24. The zero-order chi connectivity index (χ0) is 19.2. The van der Waals surface area contributed by atoms with Gasteiger partial charge in [-0.15, -0.1) is 0 Å². The molecule has 0 unspecified atom stereocenters. The van der Waals surface area contributed by atoms with Crippen LogP contribution in [0.15, 0.2) is 46.1 Å². The van der Waals surface area contributed by atoms with Crippen LogP contribution in [0.3, 0.4) is 0 Å². The number of esters is 1. The van der Waals surface area contributed by atoms with E-state index in [1.165, 1.54) is 41.6 Å². The Balaban J connectivity index is 2.19. The zero-order valence-corrected chi connectivity index (χ0v) is 17.0. The molecule has 0 N–H and O–H groups in total. The lowest BCUT2D eigenvalue weighted by Gasteiger charge is -2.31. The fourth-order valence-corrected chi connectivity index (χ4v) is 3.78. The maximum atomic E-state index is 11.5. The second kappa shape index (κ2) is 9.08. The van der Waals surface area contributed by atoms with E-state index in [2.05, 4.69) is 38.7 Å². The Hall–Kier alpha value is -2.01. The van der Waals surface area contributed by atoms with E-state index in [1.54, 1.807) is 6.08 Å². The first-order valence-corrected chi connectivity index (χ1v) is 9.81. The minimum absolute atomic E-state index is 0.198. The van der Waals surface area contributed by atoms with E-state index in [1.807, 2.05) is 19.9 Å². The topological polar surface area (TPSA) is 26.3 Å². The number of carbonyl (C=O) groups excluding carboxylic acids is 1. The molecule has 0 amide bonds. The minimum atomic E-state index is -0.281. The van der Waals surface area contributed by atoms with Gasteiger partial charge in [0.2, 0.25) is 0 Å². The third kappa shape index (κ3) is 5.49. The second-order valence-corrected chi connectivity index (χ2v) is 7.97. The van der Waals surface area contributed by atoms with Crippen molar-refractivity contribution in [1.29, 1.82) is 0 Å². The average Bonchev–Trinajstić information content (AvgIpc) is 2.99. The van der Waals surface area contributed by atoms with Gasteiger partial charge in [-0.25, -0.2) is 4.79 Å². The molecule has 26 heavy (non-hydrogen) atoms. The average molecular weight is 353 g/mol. The molecular formula is C24H32O2. The molecule has 2 aliphatic carbocycles. The maximum absolute atomic E-state index is 11.5. The minimum Gasteiger partial charge on any atom is -0.463 e. The summed E-state index contributed by atoms with van der Waals surface area (Å²) in [5.41, 5.74) is 6.46. The smallest absolute Gasteiger partial charge is 0.330 e. The van der Waals surface area contributed by atoms with Gasteiger partial charge in [-0.1, -0.05) is 43.4 Å². The van der Waals surface area contributed by atoms with Gasteiger partial charge >= 0.3 is 5.97 Å². The fraction of sp³-hybridized carbons (Fsp3) is 0.542. The van der Waals surface area contributed by atoms with Crippen LogP contribution < -0.4 is 0 Å². The molecule has 0 atom stereocenters. The number of hydrogen-bond acceptors (Lipinski definition) is 2. The van der Waals surface area contributed by atoms with E-state index in [9.17, 15) is 4.79 Å². The highest BCUT2D eigenvalue weighted by Crippen LogP contribution is 2.39. The normalized spacial score (nSPS) is 20.4. The Morgan fingerprint density at radius 1 is 1.19 bits per heavy atom. The van der Waals surface area contributed by atoms with Crippen LogP contribution >= 0.6 is 0 Å². The van der Waals surface area contributed by atoms with Gasteiger partial charge in [0.05, 0.1) is 6.61 Å². The van der Waals surface area contributed by atoms with Gasteiger partial charge in [0.15, 0.2) is 0 Å². The molecule has 0 radical (unpaired) electrons. The first kappa shape index (κ1) is 20.3. The summed E-state index contributed by atoms with van der Waals surface area (Å²) in [5, 5.41) is 0. The summed E-state index contributed by atoms with van der Waals surface area (Å²) in [6, 6.07) is 0. The summed E-state index contributed by atoms with van der Waals surface area (Å²) < 4.78 is 4.95. The number of carbonyl (C=O) groups is 1. The van der Waals surface area contributed by atoms with E-state index in [-0.39, 0.29) is 11.4 Å². The molecule has 0 spiro atoms. The van der Waals surface area contributed by atoms with Crippen molar-refractivity contribution >= 4 is 5.97 Å². The highest BCUT2D eigenvalue weighted by molar-refractivity contribution is 5.83.